The Morgan fingerprint density at radius 1 is 1.24 bits per heavy atom. The zero-order chi connectivity index (χ0) is 20.1. The Labute approximate surface area is 175 Å². The summed E-state index contributed by atoms with van der Waals surface area (Å²) < 4.78 is 5.89. The van der Waals surface area contributed by atoms with Gasteiger partial charge in [0.15, 0.2) is 11.7 Å². The number of oxazole rings is 1. The quantitative estimate of drug-likeness (QED) is 0.492. The molecular formula is C22H27N5OS. The van der Waals surface area contributed by atoms with Crippen molar-refractivity contribution in [2.24, 2.45) is 4.99 Å². The summed E-state index contributed by atoms with van der Waals surface area (Å²) >= 11 is 1.81. The number of aliphatic imine (C=N–C) groups is 1. The SMILES string of the molecule is CN=C(NCc1ncc(-c2ccc(C)cc2)o1)NC1CCN(c2cccs2)CC1. The minimum absolute atomic E-state index is 0.421. The van der Waals surface area contributed by atoms with Crippen LogP contribution in [0.25, 0.3) is 11.3 Å². The van der Waals surface area contributed by atoms with Gasteiger partial charge in [0.1, 0.15) is 0 Å². The molecule has 0 radical (unpaired) electrons. The first kappa shape index (κ1) is 19.5. The first-order chi connectivity index (χ1) is 14.2. The van der Waals surface area contributed by atoms with Gasteiger partial charge in [0.05, 0.1) is 17.7 Å². The normalized spacial score (nSPS) is 15.5. The van der Waals surface area contributed by atoms with Crippen molar-refractivity contribution in [2.75, 3.05) is 25.0 Å². The second-order valence-corrected chi connectivity index (χ2v) is 8.19. The van der Waals surface area contributed by atoms with Crippen LogP contribution in [0.5, 0.6) is 0 Å². The van der Waals surface area contributed by atoms with Crippen LogP contribution in [0.3, 0.4) is 0 Å². The first-order valence-electron chi connectivity index (χ1n) is 9.98. The lowest BCUT2D eigenvalue weighted by molar-refractivity contribution is 0.457. The summed E-state index contributed by atoms with van der Waals surface area (Å²) in [5.41, 5.74) is 2.26. The number of nitrogens with zero attached hydrogens (tertiary/aromatic N) is 3. The summed E-state index contributed by atoms with van der Waals surface area (Å²) in [6, 6.07) is 13.0. The van der Waals surface area contributed by atoms with Gasteiger partial charge in [-0.3, -0.25) is 4.99 Å². The van der Waals surface area contributed by atoms with Crippen molar-refractivity contribution >= 4 is 22.3 Å². The van der Waals surface area contributed by atoms with Gasteiger partial charge >= 0.3 is 0 Å². The van der Waals surface area contributed by atoms with E-state index in [1.807, 2.05) is 11.3 Å². The predicted octanol–water partition coefficient (Wildman–Crippen LogP) is 4.05. The fourth-order valence-corrected chi connectivity index (χ4v) is 4.27. The number of guanidine groups is 1. The van der Waals surface area contributed by atoms with Gasteiger partial charge in [-0.05, 0) is 37.3 Å². The van der Waals surface area contributed by atoms with E-state index in [1.165, 1.54) is 10.6 Å². The lowest BCUT2D eigenvalue weighted by atomic mass is 10.1. The third kappa shape index (κ3) is 4.98. The molecule has 0 bridgehead atoms. The maximum atomic E-state index is 5.89. The Morgan fingerprint density at radius 2 is 2.03 bits per heavy atom. The highest BCUT2D eigenvalue weighted by Gasteiger charge is 2.20. The molecule has 0 amide bonds. The van der Waals surface area contributed by atoms with Crippen LogP contribution in [-0.2, 0) is 6.54 Å². The molecule has 1 fully saturated rings. The van der Waals surface area contributed by atoms with Crippen LogP contribution in [-0.4, -0.2) is 37.1 Å². The molecule has 29 heavy (non-hydrogen) atoms. The smallest absolute Gasteiger partial charge is 0.214 e. The number of aromatic nitrogens is 1. The number of hydrogen-bond acceptors (Lipinski definition) is 5. The number of benzene rings is 1. The molecule has 7 heteroatoms. The Kier molecular flexibility index (Phi) is 6.14. The third-order valence-corrected chi connectivity index (χ3v) is 6.10. The minimum atomic E-state index is 0.421. The van der Waals surface area contributed by atoms with Gasteiger partial charge in [-0.25, -0.2) is 4.98 Å². The molecule has 1 aromatic carbocycles. The van der Waals surface area contributed by atoms with Crippen molar-refractivity contribution in [3.8, 4) is 11.3 Å². The molecule has 0 spiro atoms. The summed E-state index contributed by atoms with van der Waals surface area (Å²) in [5, 5.41) is 10.3. The van der Waals surface area contributed by atoms with E-state index < -0.39 is 0 Å². The van der Waals surface area contributed by atoms with Crippen molar-refractivity contribution in [3.05, 3.63) is 59.4 Å². The van der Waals surface area contributed by atoms with Gasteiger partial charge in [-0.1, -0.05) is 29.8 Å². The summed E-state index contributed by atoms with van der Waals surface area (Å²) in [7, 11) is 1.80. The molecule has 2 N–H and O–H groups in total. The van der Waals surface area contributed by atoms with E-state index in [4.69, 9.17) is 4.42 Å². The Morgan fingerprint density at radius 3 is 2.72 bits per heavy atom. The second-order valence-electron chi connectivity index (χ2n) is 7.27. The first-order valence-corrected chi connectivity index (χ1v) is 10.9. The van der Waals surface area contributed by atoms with Crippen molar-refractivity contribution in [3.63, 3.8) is 0 Å². The van der Waals surface area contributed by atoms with Gasteiger partial charge in [0, 0.05) is 31.7 Å². The van der Waals surface area contributed by atoms with Crippen LogP contribution in [0.15, 0.2) is 57.4 Å². The molecule has 0 aliphatic carbocycles. The van der Waals surface area contributed by atoms with Crippen LogP contribution in [0.1, 0.15) is 24.3 Å². The number of aryl methyl sites for hydroxylation is 1. The zero-order valence-corrected chi connectivity index (χ0v) is 17.7. The Hall–Kier alpha value is -2.80. The highest BCUT2D eigenvalue weighted by molar-refractivity contribution is 7.14. The largest absolute Gasteiger partial charge is 0.439 e. The van der Waals surface area contributed by atoms with Crippen LogP contribution in [0.2, 0.25) is 0 Å². The van der Waals surface area contributed by atoms with E-state index >= 15 is 0 Å². The van der Waals surface area contributed by atoms with Crippen molar-refractivity contribution in [2.45, 2.75) is 32.4 Å². The second kappa shape index (κ2) is 9.13. The molecule has 152 valence electrons. The molecule has 2 aromatic heterocycles. The van der Waals surface area contributed by atoms with Crippen LogP contribution < -0.4 is 15.5 Å². The molecule has 1 aliphatic rings. The maximum Gasteiger partial charge on any atom is 0.214 e. The highest BCUT2D eigenvalue weighted by atomic mass is 32.1. The monoisotopic (exact) mass is 409 g/mol. The Bertz CT molecular complexity index is 925. The van der Waals surface area contributed by atoms with Gasteiger partial charge in [-0.2, -0.15) is 0 Å². The molecule has 3 heterocycles. The fourth-order valence-electron chi connectivity index (χ4n) is 3.48. The van der Waals surface area contributed by atoms with E-state index in [0.29, 0.717) is 18.5 Å². The molecule has 4 rings (SSSR count). The number of thiophene rings is 1. The predicted molar refractivity (Wildman–Crippen MR) is 120 cm³/mol. The Balaban J connectivity index is 1.26. The number of hydrogen-bond donors (Lipinski definition) is 2. The summed E-state index contributed by atoms with van der Waals surface area (Å²) in [4.78, 5) is 11.2. The molecular weight excluding hydrogens is 382 g/mol. The van der Waals surface area contributed by atoms with Gasteiger partial charge in [0.2, 0.25) is 5.89 Å². The highest BCUT2D eigenvalue weighted by Crippen LogP contribution is 2.25. The molecule has 1 aliphatic heterocycles. The topological polar surface area (TPSA) is 65.7 Å². The number of anilines is 1. The summed E-state index contributed by atoms with van der Waals surface area (Å²) in [6.45, 7) is 4.70. The third-order valence-electron chi connectivity index (χ3n) is 5.17. The molecule has 3 aromatic rings. The van der Waals surface area contributed by atoms with E-state index in [9.17, 15) is 0 Å². The minimum Gasteiger partial charge on any atom is -0.439 e. The average Bonchev–Trinajstić information content (AvgIpc) is 3.44. The molecule has 6 nitrogen and oxygen atoms in total. The zero-order valence-electron chi connectivity index (χ0n) is 16.9. The van der Waals surface area contributed by atoms with Gasteiger partial charge < -0.3 is 20.0 Å². The maximum absolute atomic E-state index is 5.89. The lowest BCUT2D eigenvalue weighted by Gasteiger charge is -2.33. The average molecular weight is 410 g/mol. The summed E-state index contributed by atoms with van der Waals surface area (Å²) in [5.74, 6) is 2.22. The standard InChI is InChI=1S/C22H27N5OS/c1-16-5-7-17(8-6-16)19-14-24-20(28-19)15-25-22(23-2)26-18-9-11-27(12-10-18)21-4-3-13-29-21/h3-8,13-14,18H,9-12,15H2,1-2H3,(H2,23,25,26). The van der Waals surface area contributed by atoms with E-state index in [2.05, 4.69) is 74.2 Å². The van der Waals surface area contributed by atoms with Gasteiger partial charge in [0.25, 0.3) is 0 Å². The lowest BCUT2D eigenvalue weighted by Crippen LogP contribution is -2.48. The molecule has 0 atom stereocenters. The fraction of sp³-hybridized carbons (Fsp3) is 0.364. The van der Waals surface area contributed by atoms with E-state index in [0.717, 1.165) is 43.2 Å². The number of piperidine rings is 1. The summed E-state index contributed by atoms with van der Waals surface area (Å²) in [6.07, 6.45) is 3.96. The van der Waals surface area contributed by atoms with Crippen LogP contribution in [0, 0.1) is 6.92 Å². The van der Waals surface area contributed by atoms with E-state index in [1.54, 1.807) is 13.2 Å². The van der Waals surface area contributed by atoms with Crippen molar-refractivity contribution in [1.29, 1.82) is 0 Å². The molecule has 0 saturated carbocycles. The van der Waals surface area contributed by atoms with Crippen LogP contribution in [0.4, 0.5) is 5.00 Å². The van der Waals surface area contributed by atoms with Crippen LogP contribution >= 0.6 is 11.3 Å². The van der Waals surface area contributed by atoms with Gasteiger partial charge in [-0.15, -0.1) is 11.3 Å². The molecule has 0 unspecified atom stereocenters. The molecule has 1 saturated heterocycles. The van der Waals surface area contributed by atoms with Crippen molar-refractivity contribution < 1.29 is 4.42 Å². The van der Waals surface area contributed by atoms with Crippen molar-refractivity contribution in [1.82, 2.24) is 15.6 Å². The van der Waals surface area contributed by atoms with E-state index in [-0.39, 0.29) is 0 Å². The number of rotatable bonds is 5. The number of nitrogens with one attached hydrogen (secondary N) is 2.